The van der Waals surface area contributed by atoms with Crippen LogP contribution in [0.4, 0.5) is 0 Å². The molecule has 1 N–H and O–H groups in total. The Bertz CT molecular complexity index is 450. The van der Waals surface area contributed by atoms with E-state index in [2.05, 4.69) is 31.3 Å². The van der Waals surface area contributed by atoms with Crippen molar-refractivity contribution in [3.8, 4) is 0 Å². The molecule has 1 aromatic carbocycles. The molecule has 0 aliphatic carbocycles. The van der Waals surface area contributed by atoms with Crippen LogP contribution in [0.1, 0.15) is 44.7 Å². The minimum Gasteiger partial charge on any atom is -0.378 e. The number of nitrogens with one attached hydrogen (secondary N) is 1. The largest absolute Gasteiger partial charge is 0.378 e. The zero-order chi connectivity index (χ0) is 15.8. The summed E-state index contributed by atoms with van der Waals surface area (Å²) in [6, 6.07) is 10.7. The summed E-state index contributed by atoms with van der Waals surface area (Å²) in [5, 5.41) is 3.37. The number of carbonyl (C=O) groups excluding carboxylic acids is 1. The zero-order valence-electron chi connectivity index (χ0n) is 14.2. The molecule has 130 valence electrons. The van der Waals surface area contributed by atoms with Crippen molar-refractivity contribution in [2.45, 2.75) is 45.2 Å². The number of hydrogen-bond donors (Lipinski definition) is 1. The molecule has 0 aromatic heterocycles. The average Bonchev–Trinajstić information content (AvgIpc) is 2.56. The molecule has 1 amide bonds. The summed E-state index contributed by atoms with van der Waals surface area (Å²) < 4.78 is 5.46. The van der Waals surface area contributed by atoms with Crippen molar-refractivity contribution in [2.75, 3.05) is 26.3 Å². The molecule has 1 aromatic rings. The Labute approximate surface area is 146 Å². The van der Waals surface area contributed by atoms with Crippen LogP contribution in [0.5, 0.6) is 0 Å². The highest BCUT2D eigenvalue weighted by Crippen LogP contribution is 2.25. The lowest BCUT2D eigenvalue weighted by Crippen LogP contribution is -2.46. The van der Waals surface area contributed by atoms with Crippen LogP contribution in [-0.2, 0) is 9.53 Å². The SMILES string of the molecule is CCCN(C(=O)CC1COCCN1)C(CC)c1ccccc1.Cl. The number of morpholine rings is 1. The van der Waals surface area contributed by atoms with Crippen molar-refractivity contribution in [3.05, 3.63) is 35.9 Å². The van der Waals surface area contributed by atoms with Gasteiger partial charge in [-0.2, -0.15) is 0 Å². The number of halogens is 1. The van der Waals surface area contributed by atoms with Crippen LogP contribution in [0, 0.1) is 0 Å². The number of nitrogens with zero attached hydrogens (tertiary/aromatic N) is 1. The first-order valence-corrected chi connectivity index (χ1v) is 8.41. The highest BCUT2D eigenvalue weighted by molar-refractivity contribution is 5.85. The molecule has 0 bridgehead atoms. The van der Waals surface area contributed by atoms with Gasteiger partial charge in [0.1, 0.15) is 0 Å². The van der Waals surface area contributed by atoms with Gasteiger partial charge in [-0.3, -0.25) is 4.79 Å². The predicted molar refractivity (Wildman–Crippen MR) is 96.0 cm³/mol. The van der Waals surface area contributed by atoms with Gasteiger partial charge in [-0.25, -0.2) is 0 Å². The van der Waals surface area contributed by atoms with Gasteiger partial charge >= 0.3 is 0 Å². The van der Waals surface area contributed by atoms with E-state index >= 15 is 0 Å². The van der Waals surface area contributed by atoms with E-state index in [0.29, 0.717) is 13.0 Å². The van der Waals surface area contributed by atoms with Crippen LogP contribution in [0.2, 0.25) is 0 Å². The Morgan fingerprint density at radius 3 is 2.65 bits per heavy atom. The topological polar surface area (TPSA) is 41.6 Å². The maximum absolute atomic E-state index is 12.8. The molecule has 2 rings (SSSR count). The molecule has 2 unspecified atom stereocenters. The molecule has 23 heavy (non-hydrogen) atoms. The van der Waals surface area contributed by atoms with Crippen LogP contribution in [0.25, 0.3) is 0 Å². The van der Waals surface area contributed by atoms with E-state index < -0.39 is 0 Å². The number of benzene rings is 1. The number of hydrogen-bond acceptors (Lipinski definition) is 3. The molecular weight excluding hydrogens is 312 g/mol. The van der Waals surface area contributed by atoms with Crippen LogP contribution in [-0.4, -0.2) is 43.2 Å². The summed E-state index contributed by atoms with van der Waals surface area (Å²) in [6.45, 7) is 7.29. The Kier molecular flexibility index (Phi) is 9.22. The lowest BCUT2D eigenvalue weighted by Gasteiger charge is -2.33. The van der Waals surface area contributed by atoms with Gasteiger partial charge in [0.25, 0.3) is 0 Å². The molecule has 2 atom stereocenters. The molecule has 1 saturated heterocycles. The van der Waals surface area contributed by atoms with Crippen molar-refractivity contribution in [3.63, 3.8) is 0 Å². The van der Waals surface area contributed by atoms with Crippen molar-refractivity contribution in [1.29, 1.82) is 0 Å². The van der Waals surface area contributed by atoms with Crippen LogP contribution in [0.15, 0.2) is 30.3 Å². The maximum Gasteiger partial charge on any atom is 0.224 e. The van der Waals surface area contributed by atoms with E-state index in [4.69, 9.17) is 4.74 Å². The third kappa shape index (κ3) is 5.79. The Morgan fingerprint density at radius 2 is 2.09 bits per heavy atom. The highest BCUT2D eigenvalue weighted by atomic mass is 35.5. The standard InChI is InChI=1S/C18H28N2O2.ClH/c1-3-11-20(17(4-2)15-8-6-5-7-9-15)18(21)13-16-14-22-12-10-19-16;/h5-9,16-17,19H,3-4,10-14H2,1-2H3;1H. The van der Waals surface area contributed by atoms with Gasteiger partial charge in [0.05, 0.1) is 19.3 Å². The zero-order valence-corrected chi connectivity index (χ0v) is 15.0. The van der Waals surface area contributed by atoms with E-state index in [1.165, 1.54) is 5.56 Å². The molecule has 1 fully saturated rings. The minimum absolute atomic E-state index is 0. The summed E-state index contributed by atoms with van der Waals surface area (Å²) in [5.74, 6) is 0.223. The second-order valence-corrected chi connectivity index (χ2v) is 5.85. The highest BCUT2D eigenvalue weighted by Gasteiger charge is 2.26. The Morgan fingerprint density at radius 1 is 1.35 bits per heavy atom. The number of rotatable bonds is 7. The third-order valence-electron chi connectivity index (χ3n) is 4.15. The minimum atomic E-state index is 0. The first-order chi connectivity index (χ1) is 10.8. The molecule has 0 saturated carbocycles. The van der Waals surface area contributed by atoms with Crippen molar-refractivity contribution >= 4 is 18.3 Å². The summed E-state index contributed by atoms with van der Waals surface area (Å²) in [4.78, 5) is 14.9. The second-order valence-electron chi connectivity index (χ2n) is 5.85. The second kappa shape index (κ2) is 10.6. The van der Waals surface area contributed by atoms with Gasteiger partial charge in [0.2, 0.25) is 5.91 Å². The predicted octanol–water partition coefficient (Wildman–Crippen LogP) is 3.18. The summed E-state index contributed by atoms with van der Waals surface area (Å²) in [6.07, 6.45) is 2.43. The van der Waals surface area contributed by atoms with Gasteiger partial charge in [0.15, 0.2) is 0 Å². The van der Waals surface area contributed by atoms with Crippen LogP contribution >= 0.6 is 12.4 Å². The quantitative estimate of drug-likeness (QED) is 0.829. The summed E-state index contributed by atoms with van der Waals surface area (Å²) in [7, 11) is 0. The Balaban J connectivity index is 0.00000264. The fourth-order valence-corrected chi connectivity index (χ4v) is 3.09. The van der Waals surface area contributed by atoms with E-state index in [1.807, 2.05) is 23.1 Å². The van der Waals surface area contributed by atoms with Crippen LogP contribution < -0.4 is 5.32 Å². The number of amides is 1. The molecule has 1 heterocycles. The maximum atomic E-state index is 12.8. The summed E-state index contributed by atoms with van der Waals surface area (Å²) >= 11 is 0. The number of carbonyl (C=O) groups is 1. The van der Waals surface area contributed by atoms with Gasteiger partial charge in [0, 0.05) is 25.6 Å². The fourth-order valence-electron chi connectivity index (χ4n) is 3.09. The first kappa shape index (κ1) is 19.9. The molecule has 4 nitrogen and oxygen atoms in total. The monoisotopic (exact) mass is 340 g/mol. The van der Waals surface area contributed by atoms with Crippen LogP contribution in [0.3, 0.4) is 0 Å². The molecule has 0 spiro atoms. The third-order valence-corrected chi connectivity index (χ3v) is 4.15. The van der Waals surface area contributed by atoms with Crippen molar-refractivity contribution < 1.29 is 9.53 Å². The van der Waals surface area contributed by atoms with Gasteiger partial charge in [-0.1, -0.05) is 44.2 Å². The molecule has 1 aliphatic heterocycles. The van der Waals surface area contributed by atoms with Gasteiger partial charge in [-0.05, 0) is 18.4 Å². The van der Waals surface area contributed by atoms with E-state index in [9.17, 15) is 4.79 Å². The Hall–Kier alpha value is -1.10. The molecule has 0 radical (unpaired) electrons. The lowest BCUT2D eigenvalue weighted by atomic mass is 10.0. The normalized spacial score (nSPS) is 18.8. The van der Waals surface area contributed by atoms with E-state index in [-0.39, 0.29) is 30.4 Å². The van der Waals surface area contributed by atoms with Crippen molar-refractivity contribution in [2.24, 2.45) is 0 Å². The summed E-state index contributed by atoms with van der Waals surface area (Å²) in [5.41, 5.74) is 1.22. The first-order valence-electron chi connectivity index (χ1n) is 8.41. The smallest absolute Gasteiger partial charge is 0.224 e. The van der Waals surface area contributed by atoms with E-state index in [1.54, 1.807) is 0 Å². The number of ether oxygens (including phenoxy) is 1. The fraction of sp³-hybridized carbons (Fsp3) is 0.611. The molecule has 1 aliphatic rings. The van der Waals surface area contributed by atoms with Gasteiger partial charge < -0.3 is 15.0 Å². The average molecular weight is 341 g/mol. The van der Waals surface area contributed by atoms with E-state index in [0.717, 1.165) is 32.5 Å². The molecule has 5 heteroatoms. The van der Waals surface area contributed by atoms with Crippen molar-refractivity contribution in [1.82, 2.24) is 10.2 Å². The molecular formula is C18H29ClN2O2. The van der Waals surface area contributed by atoms with Gasteiger partial charge in [-0.15, -0.1) is 12.4 Å². The lowest BCUT2D eigenvalue weighted by molar-refractivity contribution is -0.135.